The lowest BCUT2D eigenvalue weighted by Crippen LogP contribution is -2.29. The van der Waals surface area contributed by atoms with Gasteiger partial charge in [0.2, 0.25) is 0 Å². The molecule has 3 aromatic rings. The van der Waals surface area contributed by atoms with Crippen LogP contribution in [0.25, 0.3) is 5.82 Å². The maximum absolute atomic E-state index is 12.3. The highest BCUT2D eigenvalue weighted by molar-refractivity contribution is 5.95. The van der Waals surface area contributed by atoms with Crippen molar-refractivity contribution in [2.75, 3.05) is 18.4 Å². The van der Waals surface area contributed by atoms with Crippen LogP contribution >= 0.6 is 0 Å². The molecule has 0 saturated carbocycles. The predicted octanol–water partition coefficient (Wildman–Crippen LogP) is 2.74. The maximum atomic E-state index is 12.3. The third-order valence-electron chi connectivity index (χ3n) is 4.23. The number of benzene rings is 1. The number of rotatable bonds is 6. The molecule has 0 atom stereocenters. The van der Waals surface area contributed by atoms with Crippen molar-refractivity contribution in [2.45, 2.75) is 27.7 Å². The maximum Gasteiger partial charge on any atom is 0.251 e. The zero-order valence-corrected chi connectivity index (χ0v) is 16.1. The van der Waals surface area contributed by atoms with Crippen molar-refractivity contribution in [2.24, 2.45) is 0 Å². The van der Waals surface area contributed by atoms with E-state index in [0.717, 1.165) is 22.5 Å². The first kappa shape index (κ1) is 18.6. The number of nitrogens with zero attached hydrogens (tertiary/aromatic N) is 4. The van der Waals surface area contributed by atoms with E-state index < -0.39 is 0 Å². The summed E-state index contributed by atoms with van der Waals surface area (Å²) in [6, 6.07) is 9.71. The summed E-state index contributed by atoms with van der Waals surface area (Å²) in [5.41, 5.74) is 4.70. The van der Waals surface area contributed by atoms with Gasteiger partial charge in [-0.05, 0) is 45.4 Å². The minimum Gasteiger partial charge on any atom is -0.368 e. The number of carbonyl (C=O) groups excluding carboxylic acids is 1. The fourth-order valence-electron chi connectivity index (χ4n) is 2.86. The molecule has 140 valence electrons. The molecule has 0 unspecified atom stereocenters. The highest BCUT2D eigenvalue weighted by atomic mass is 16.1. The molecule has 2 N–H and O–H groups in total. The Bertz CT molecular complexity index is 963. The standard InChI is InChI=1S/C20H24N6O/c1-13-5-6-14(2)17(9-13)20(27)22-8-7-21-18-11-19(24-12-23-18)26-16(4)10-15(3)25-26/h5-6,9-12H,7-8H2,1-4H3,(H,22,27)(H,21,23,24). The Morgan fingerprint density at radius 3 is 2.59 bits per heavy atom. The zero-order valence-electron chi connectivity index (χ0n) is 16.1. The molecule has 0 fully saturated rings. The van der Waals surface area contributed by atoms with E-state index in [1.165, 1.54) is 6.33 Å². The topological polar surface area (TPSA) is 84.7 Å². The molecule has 0 aliphatic rings. The van der Waals surface area contributed by atoms with Crippen LogP contribution in [0.4, 0.5) is 5.82 Å². The molecule has 1 aromatic carbocycles. The van der Waals surface area contributed by atoms with Crippen LogP contribution in [-0.2, 0) is 0 Å². The monoisotopic (exact) mass is 364 g/mol. The van der Waals surface area contributed by atoms with E-state index in [2.05, 4.69) is 25.7 Å². The lowest BCUT2D eigenvalue weighted by atomic mass is 10.1. The minimum absolute atomic E-state index is 0.0657. The van der Waals surface area contributed by atoms with Gasteiger partial charge in [0.15, 0.2) is 5.82 Å². The van der Waals surface area contributed by atoms with Crippen molar-refractivity contribution >= 4 is 11.7 Å². The Morgan fingerprint density at radius 2 is 1.85 bits per heavy atom. The summed E-state index contributed by atoms with van der Waals surface area (Å²) in [6.07, 6.45) is 1.50. The average Bonchev–Trinajstić information content (AvgIpc) is 2.99. The predicted molar refractivity (Wildman–Crippen MR) is 105 cm³/mol. The van der Waals surface area contributed by atoms with E-state index >= 15 is 0 Å². The number of aryl methyl sites for hydroxylation is 4. The molecule has 0 saturated heterocycles. The Balaban J connectivity index is 1.56. The first-order chi connectivity index (χ1) is 12.9. The molecular weight excluding hydrogens is 340 g/mol. The molecular formula is C20H24N6O. The van der Waals surface area contributed by atoms with Crippen LogP contribution in [0, 0.1) is 27.7 Å². The molecule has 0 spiro atoms. The van der Waals surface area contributed by atoms with Gasteiger partial charge in [-0.1, -0.05) is 17.7 Å². The zero-order chi connectivity index (χ0) is 19.4. The smallest absolute Gasteiger partial charge is 0.251 e. The molecule has 7 nitrogen and oxygen atoms in total. The Hall–Kier alpha value is -3.22. The second kappa shape index (κ2) is 7.99. The SMILES string of the molecule is Cc1ccc(C)c(C(=O)NCCNc2cc(-n3nc(C)cc3C)ncn2)c1. The molecule has 2 aromatic heterocycles. The normalized spacial score (nSPS) is 10.7. The third kappa shape index (κ3) is 4.49. The summed E-state index contributed by atoms with van der Waals surface area (Å²) >= 11 is 0. The fraction of sp³-hybridized carbons (Fsp3) is 0.300. The van der Waals surface area contributed by atoms with Gasteiger partial charge in [-0.15, -0.1) is 0 Å². The Kier molecular flexibility index (Phi) is 5.49. The quantitative estimate of drug-likeness (QED) is 0.657. The third-order valence-corrected chi connectivity index (χ3v) is 4.23. The minimum atomic E-state index is -0.0657. The highest BCUT2D eigenvalue weighted by Gasteiger charge is 2.09. The summed E-state index contributed by atoms with van der Waals surface area (Å²) in [4.78, 5) is 20.8. The molecule has 0 radical (unpaired) electrons. The van der Waals surface area contributed by atoms with Crippen LogP contribution in [0.15, 0.2) is 36.7 Å². The number of aromatic nitrogens is 4. The van der Waals surface area contributed by atoms with E-state index in [4.69, 9.17) is 0 Å². The van der Waals surface area contributed by atoms with Crippen molar-refractivity contribution in [3.05, 3.63) is 64.7 Å². The molecule has 2 heterocycles. The number of amides is 1. The number of hydrogen-bond donors (Lipinski definition) is 2. The number of carbonyl (C=O) groups is 1. The molecule has 1 amide bonds. The van der Waals surface area contributed by atoms with Gasteiger partial charge >= 0.3 is 0 Å². The fourth-order valence-corrected chi connectivity index (χ4v) is 2.86. The van der Waals surface area contributed by atoms with Crippen LogP contribution in [0.1, 0.15) is 32.9 Å². The van der Waals surface area contributed by atoms with Gasteiger partial charge in [-0.3, -0.25) is 4.79 Å². The van der Waals surface area contributed by atoms with E-state index in [-0.39, 0.29) is 5.91 Å². The summed E-state index contributed by atoms with van der Waals surface area (Å²) in [6.45, 7) is 8.90. The summed E-state index contributed by atoms with van der Waals surface area (Å²) in [5.74, 6) is 1.33. The van der Waals surface area contributed by atoms with E-state index in [1.54, 1.807) is 4.68 Å². The first-order valence-corrected chi connectivity index (χ1v) is 8.89. The van der Waals surface area contributed by atoms with Gasteiger partial charge in [0.25, 0.3) is 5.91 Å². The number of nitrogens with one attached hydrogen (secondary N) is 2. The molecule has 3 rings (SSSR count). The Morgan fingerprint density at radius 1 is 1.04 bits per heavy atom. The van der Waals surface area contributed by atoms with Gasteiger partial charge in [-0.2, -0.15) is 5.10 Å². The van der Waals surface area contributed by atoms with Crippen molar-refractivity contribution in [1.29, 1.82) is 0 Å². The van der Waals surface area contributed by atoms with Crippen LogP contribution in [0.3, 0.4) is 0 Å². The van der Waals surface area contributed by atoms with Crippen molar-refractivity contribution < 1.29 is 4.79 Å². The average molecular weight is 364 g/mol. The molecule has 0 aliphatic heterocycles. The lowest BCUT2D eigenvalue weighted by Gasteiger charge is -2.10. The molecule has 0 bridgehead atoms. The number of hydrogen-bond acceptors (Lipinski definition) is 5. The summed E-state index contributed by atoms with van der Waals surface area (Å²) in [7, 11) is 0. The van der Waals surface area contributed by atoms with Gasteiger partial charge in [0, 0.05) is 30.4 Å². The summed E-state index contributed by atoms with van der Waals surface area (Å²) < 4.78 is 1.78. The van der Waals surface area contributed by atoms with Crippen molar-refractivity contribution in [3.63, 3.8) is 0 Å². The van der Waals surface area contributed by atoms with E-state index in [9.17, 15) is 4.79 Å². The van der Waals surface area contributed by atoms with Crippen LogP contribution in [-0.4, -0.2) is 38.7 Å². The first-order valence-electron chi connectivity index (χ1n) is 8.89. The second-order valence-electron chi connectivity index (χ2n) is 6.60. The van der Waals surface area contributed by atoms with Crippen LogP contribution in [0.5, 0.6) is 0 Å². The molecule has 0 aliphatic carbocycles. The molecule has 27 heavy (non-hydrogen) atoms. The number of anilines is 1. The van der Waals surface area contributed by atoms with Crippen molar-refractivity contribution in [1.82, 2.24) is 25.1 Å². The van der Waals surface area contributed by atoms with Gasteiger partial charge in [-0.25, -0.2) is 14.6 Å². The van der Waals surface area contributed by atoms with Gasteiger partial charge < -0.3 is 10.6 Å². The lowest BCUT2D eigenvalue weighted by molar-refractivity contribution is 0.0954. The van der Waals surface area contributed by atoms with Gasteiger partial charge in [0.05, 0.1) is 5.69 Å². The van der Waals surface area contributed by atoms with E-state index in [1.807, 2.05) is 58.0 Å². The second-order valence-corrected chi connectivity index (χ2v) is 6.60. The van der Waals surface area contributed by atoms with Crippen molar-refractivity contribution in [3.8, 4) is 5.82 Å². The molecule has 7 heteroatoms. The van der Waals surface area contributed by atoms with E-state index in [0.29, 0.717) is 30.3 Å². The highest BCUT2D eigenvalue weighted by Crippen LogP contribution is 2.12. The van der Waals surface area contributed by atoms with Crippen LogP contribution in [0.2, 0.25) is 0 Å². The Labute approximate surface area is 158 Å². The van der Waals surface area contributed by atoms with Crippen LogP contribution < -0.4 is 10.6 Å². The summed E-state index contributed by atoms with van der Waals surface area (Å²) in [5, 5.41) is 10.6. The largest absolute Gasteiger partial charge is 0.368 e. The van der Waals surface area contributed by atoms with Gasteiger partial charge in [0.1, 0.15) is 12.1 Å².